The standard InChI is InChI=1S/C23H27N3O3/c1-26-6-5-10-11(21(26)27)3-2-4-16(10)25-22(28)24-9-23(29)19-13-8-14-17-12(13)7-15(19)18(17)20(14)23/h2-4,12-15,17-20,29H,5-9H2,1H3,(H2,24,25,28). The SMILES string of the molecule is CN1CCc2c(NC(=O)NCC3(O)C4C5CC6C7C5CC4C7C63)cccc2C1=O. The fourth-order valence-electron chi connectivity index (χ4n) is 9.11. The highest BCUT2D eigenvalue weighted by atomic mass is 16.3. The molecular weight excluding hydrogens is 366 g/mol. The second-order valence-electron chi connectivity index (χ2n) is 10.4. The number of carbonyl (C=O) groups excluding carboxylic acids is 2. The molecule has 3 amide bonds. The van der Waals surface area contributed by atoms with Gasteiger partial charge in [-0.3, -0.25) is 4.79 Å². The second kappa shape index (κ2) is 5.15. The Kier molecular flexibility index (Phi) is 2.96. The zero-order valence-electron chi connectivity index (χ0n) is 16.6. The Bertz CT molecular complexity index is 957. The number of hydrogen-bond acceptors (Lipinski definition) is 3. The van der Waals surface area contributed by atoms with E-state index in [4.69, 9.17) is 0 Å². The maximum absolute atomic E-state index is 12.7. The first-order chi connectivity index (χ1) is 14.0. The van der Waals surface area contributed by atoms with Crippen LogP contribution in [0.4, 0.5) is 10.5 Å². The van der Waals surface area contributed by atoms with Gasteiger partial charge in [0, 0.05) is 31.4 Å². The Hall–Kier alpha value is -2.08. The van der Waals surface area contributed by atoms with Gasteiger partial charge >= 0.3 is 6.03 Å². The first kappa shape index (κ1) is 16.7. The van der Waals surface area contributed by atoms with Crippen LogP contribution >= 0.6 is 0 Å². The number of hydrogen-bond donors (Lipinski definition) is 3. The van der Waals surface area contributed by atoms with Crippen LogP contribution in [0.5, 0.6) is 0 Å². The first-order valence-electron chi connectivity index (χ1n) is 11.1. The van der Waals surface area contributed by atoms with Gasteiger partial charge < -0.3 is 20.6 Å². The van der Waals surface area contributed by atoms with Crippen molar-refractivity contribution in [3.8, 4) is 0 Å². The van der Waals surface area contributed by atoms with E-state index in [1.807, 2.05) is 18.2 Å². The van der Waals surface area contributed by atoms with Gasteiger partial charge in [0.1, 0.15) is 0 Å². The lowest BCUT2D eigenvalue weighted by Gasteiger charge is -2.51. The Morgan fingerprint density at radius 2 is 1.97 bits per heavy atom. The number of amides is 3. The van der Waals surface area contributed by atoms with E-state index in [0.29, 0.717) is 53.9 Å². The molecule has 5 saturated carbocycles. The highest BCUT2D eigenvalue weighted by molar-refractivity contribution is 6.00. The summed E-state index contributed by atoms with van der Waals surface area (Å²) >= 11 is 0. The fourth-order valence-corrected chi connectivity index (χ4v) is 9.11. The van der Waals surface area contributed by atoms with Crippen LogP contribution in [-0.2, 0) is 6.42 Å². The molecule has 6 nitrogen and oxygen atoms in total. The smallest absolute Gasteiger partial charge is 0.319 e. The van der Waals surface area contributed by atoms with Gasteiger partial charge in [-0.15, -0.1) is 0 Å². The van der Waals surface area contributed by atoms with E-state index in [2.05, 4.69) is 10.6 Å². The molecule has 1 aromatic rings. The van der Waals surface area contributed by atoms with E-state index in [-0.39, 0.29) is 11.9 Å². The van der Waals surface area contributed by atoms with Gasteiger partial charge in [-0.25, -0.2) is 4.79 Å². The molecule has 152 valence electrons. The third kappa shape index (κ3) is 1.79. The minimum Gasteiger partial charge on any atom is -0.387 e. The Labute approximate surface area is 170 Å². The molecule has 9 unspecified atom stereocenters. The van der Waals surface area contributed by atoms with Crippen molar-refractivity contribution in [1.82, 2.24) is 10.2 Å². The minimum absolute atomic E-state index is 0.000556. The molecule has 0 radical (unpaired) electrons. The van der Waals surface area contributed by atoms with E-state index in [1.165, 1.54) is 12.8 Å². The maximum Gasteiger partial charge on any atom is 0.319 e. The topological polar surface area (TPSA) is 81.7 Å². The van der Waals surface area contributed by atoms with Crippen molar-refractivity contribution in [3.63, 3.8) is 0 Å². The lowest BCUT2D eigenvalue weighted by Crippen LogP contribution is -2.59. The number of fused-ring (bicyclic) bond motifs is 3. The first-order valence-corrected chi connectivity index (χ1v) is 11.1. The summed E-state index contributed by atoms with van der Waals surface area (Å²) < 4.78 is 0. The number of benzene rings is 1. The monoisotopic (exact) mass is 393 g/mol. The predicted molar refractivity (Wildman–Crippen MR) is 106 cm³/mol. The number of likely N-dealkylation sites (N-methyl/N-ethyl adjacent to an activating group) is 1. The molecule has 1 aliphatic heterocycles. The average molecular weight is 393 g/mol. The molecule has 7 rings (SSSR count). The van der Waals surface area contributed by atoms with Gasteiger partial charge in [0.15, 0.2) is 0 Å². The molecule has 29 heavy (non-hydrogen) atoms. The molecule has 6 aliphatic rings. The van der Waals surface area contributed by atoms with E-state index in [1.54, 1.807) is 11.9 Å². The number of rotatable bonds is 3. The molecule has 0 saturated heterocycles. The zero-order chi connectivity index (χ0) is 19.7. The maximum atomic E-state index is 12.7. The van der Waals surface area contributed by atoms with Crippen LogP contribution in [0.2, 0.25) is 0 Å². The van der Waals surface area contributed by atoms with Gasteiger partial charge in [0.05, 0.1) is 5.60 Å². The van der Waals surface area contributed by atoms with Crippen molar-refractivity contribution in [2.45, 2.75) is 24.9 Å². The summed E-state index contributed by atoms with van der Waals surface area (Å²) in [4.78, 5) is 26.8. The number of anilines is 1. The van der Waals surface area contributed by atoms with Crippen molar-refractivity contribution in [2.24, 2.45) is 47.3 Å². The summed E-state index contributed by atoms with van der Waals surface area (Å²) in [6.07, 6.45) is 3.38. The lowest BCUT2D eigenvalue weighted by molar-refractivity contribution is -0.126. The van der Waals surface area contributed by atoms with Crippen molar-refractivity contribution in [3.05, 3.63) is 29.3 Å². The van der Waals surface area contributed by atoms with Gasteiger partial charge in [-0.05, 0) is 84.3 Å². The molecular formula is C23H27N3O3. The molecule has 0 aromatic heterocycles. The number of aliphatic hydroxyl groups is 1. The highest BCUT2D eigenvalue weighted by Gasteiger charge is 2.84. The van der Waals surface area contributed by atoms with Crippen LogP contribution in [0.1, 0.15) is 28.8 Å². The van der Waals surface area contributed by atoms with Crippen molar-refractivity contribution < 1.29 is 14.7 Å². The van der Waals surface area contributed by atoms with Gasteiger partial charge in [0.2, 0.25) is 0 Å². The highest BCUT2D eigenvalue weighted by Crippen LogP contribution is 2.85. The number of nitrogens with one attached hydrogen (secondary N) is 2. The Morgan fingerprint density at radius 1 is 1.17 bits per heavy atom. The Morgan fingerprint density at radius 3 is 2.83 bits per heavy atom. The molecule has 3 N–H and O–H groups in total. The summed E-state index contributed by atoms with van der Waals surface area (Å²) in [5.74, 6) is 5.40. The van der Waals surface area contributed by atoms with Crippen LogP contribution in [-0.4, -0.2) is 47.7 Å². The minimum atomic E-state index is -0.712. The van der Waals surface area contributed by atoms with Crippen LogP contribution in [0, 0.1) is 47.3 Å². The summed E-state index contributed by atoms with van der Waals surface area (Å²) in [6.45, 7) is 1.01. The predicted octanol–water partition coefficient (Wildman–Crippen LogP) is 1.95. The van der Waals surface area contributed by atoms with E-state index < -0.39 is 5.60 Å². The summed E-state index contributed by atoms with van der Waals surface area (Å²) in [7, 11) is 1.80. The third-order valence-corrected chi connectivity index (χ3v) is 9.75. The second-order valence-corrected chi connectivity index (χ2v) is 10.4. The molecule has 6 heteroatoms. The quantitative estimate of drug-likeness (QED) is 0.734. The van der Waals surface area contributed by atoms with Crippen molar-refractivity contribution in [1.29, 1.82) is 0 Å². The normalized spacial score (nSPS) is 46.8. The number of nitrogens with zero attached hydrogens (tertiary/aromatic N) is 1. The number of carbonyl (C=O) groups is 2. The van der Waals surface area contributed by atoms with Crippen LogP contribution in [0.25, 0.3) is 0 Å². The summed E-state index contributed by atoms with van der Waals surface area (Å²) in [6, 6.07) is 5.21. The summed E-state index contributed by atoms with van der Waals surface area (Å²) in [5.41, 5.74) is 1.56. The third-order valence-electron chi connectivity index (χ3n) is 9.75. The molecule has 5 aliphatic carbocycles. The fraction of sp³-hybridized carbons (Fsp3) is 0.652. The number of urea groups is 1. The molecule has 1 aromatic carbocycles. The Balaban J connectivity index is 1.08. The van der Waals surface area contributed by atoms with Gasteiger partial charge in [-0.1, -0.05) is 6.07 Å². The van der Waals surface area contributed by atoms with E-state index in [9.17, 15) is 14.7 Å². The average Bonchev–Trinajstić information content (AvgIpc) is 3.22. The molecule has 0 spiro atoms. The molecule has 1 heterocycles. The van der Waals surface area contributed by atoms with Crippen LogP contribution < -0.4 is 10.6 Å². The largest absolute Gasteiger partial charge is 0.387 e. The van der Waals surface area contributed by atoms with Crippen molar-refractivity contribution in [2.75, 3.05) is 25.5 Å². The van der Waals surface area contributed by atoms with Crippen molar-refractivity contribution >= 4 is 17.6 Å². The van der Waals surface area contributed by atoms with E-state index >= 15 is 0 Å². The van der Waals surface area contributed by atoms with Crippen LogP contribution in [0.3, 0.4) is 0 Å². The summed E-state index contributed by atoms with van der Waals surface area (Å²) in [5, 5.41) is 17.6. The molecule has 5 fully saturated rings. The lowest BCUT2D eigenvalue weighted by atomic mass is 9.56. The molecule has 2 bridgehead atoms. The zero-order valence-corrected chi connectivity index (χ0v) is 16.6. The van der Waals surface area contributed by atoms with E-state index in [0.717, 1.165) is 29.7 Å². The van der Waals surface area contributed by atoms with Crippen LogP contribution in [0.15, 0.2) is 18.2 Å². The van der Waals surface area contributed by atoms with Gasteiger partial charge in [-0.2, -0.15) is 0 Å². The van der Waals surface area contributed by atoms with Gasteiger partial charge in [0.25, 0.3) is 5.91 Å². The molecule has 9 atom stereocenters.